The maximum atomic E-state index is 5.98. The maximum Gasteiger partial charge on any atom is 0.138 e. The molecule has 0 bridgehead atoms. The van der Waals surface area contributed by atoms with Gasteiger partial charge in [0.2, 0.25) is 0 Å². The van der Waals surface area contributed by atoms with Crippen molar-refractivity contribution in [2.75, 3.05) is 27.2 Å². The molecule has 0 atom stereocenters. The van der Waals surface area contributed by atoms with Crippen LogP contribution in [0.4, 0.5) is 0 Å². The summed E-state index contributed by atoms with van der Waals surface area (Å²) < 4.78 is 5.58. The zero-order valence-corrected chi connectivity index (χ0v) is 9.69. The minimum atomic E-state index is 0.685. The molecular weight excluding hydrogens is 198 g/mol. The second kappa shape index (κ2) is 5.23. The average Bonchev–Trinajstić information content (AvgIpc) is 2.10. The Morgan fingerprint density at radius 2 is 2.07 bits per heavy atom. The Balaban J connectivity index is 2.53. The van der Waals surface area contributed by atoms with Gasteiger partial charge in [-0.3, -0.25) is 0 Å². The van der Waals surface area contributed by atoms with Crippen LogP contribution in [-0.2, 0) is 0 Å². The molecule has 0 aliphatic heterocycles. The fourth-order valence-corrected chi connectivity index (χ4v) is 1.26. The maximum absolute atomic E-state index is 5.98. The largest absolute Gasteiger partial charge is 0.486 e. The van der Waals surface area contributed by atoms with E-state index < -0.39 is 0 Å². The normalized spacial score (nSPS) is 10.6. The van der Waals surface area contributed by atoms with Gasteiger partial charge in [0.15, 0.2) is 0 Å². The van der Waals surface area contributed by atoms with E-state index in [0.29, 0.717) is 11.6 Å². The zero-order chi connectivity index (χ0) is 10.6. The summed E-state index contributed by atoms with van der Waals surface area (Å²) in [5.41, 5.74) is 1.17. The van der Waals surface area contributed by atoms with Crippen LogP contribution in [0.15, 0.2) is 18.2 Å². The van der Waals surface area contributed by atoms with Crippen molar-refractivity contribution in [3.63, 3.8) is 0 Å². The van der Waals surface area contributed by atoms with Crippen LogP contribution in [0.5, 0.6) is 5.75 Å². The van der Waals surface area contributed by atoms with Crippen molar-refractivity contribution in [2.24, 2.45) is 0 Å². The van der Waals surface area contributed by atoms with Crippen LogP contribution in [0.1, 0.15) is 5.56 Å². The third-order valence-corrected chi connectivity index (χ3v) is 2.26. The Hall–Kier alpha value is -0.730. The van der Waals surface area contributed by atoms with Crippen molar-refractivity contribution in [1.82, 2.24) is 0 Å². The van der Waals surface area contributed by atoms with E-state index in [1.807, 2.05) is 25.1 Å². The van der Waals surface area contributed by atoms with Gasteiger partial charge in [-0.1, -0.05) is 17.7 Å². The van der Waals surface area contributed by atoms with Gasteiger partial charge < -0.3 is 9.64 Å². The first-order valence-corrected chi connectivity index (χ1v) is 5.15. The Morgan fingerprint density at radius 1 is 1.36 bits per heavy atom. The summed E-state index contributed by atoms with van der Waals surface area (Å²) in [7, 11) is 4.20. The molecule has 2 nitrogen and oxygen atoms in total. The number of benzene rings is 1. The molecule has 1 N–H and O–H groups in total. The van der Waals surface area contributed by atoms with Gasteiger partial charge in [0, 0.05) is 0 Å². The molecule has 0 saturated carbocycles. The van der Waals surface area contributed by atoms with E-state index in [1.165, 1.54) is 10.5 Å². The predicted octanol–water partition coefficient (Wildman–Crippen LogP) is 1.17. The minimum absolute atomic E-state index is 0.685. The standard InChI is InChI=1S/C11H16ClNO/c1-9-4-5-10(12)11(8-9)14-7-6-13(2)3/h4-5,8H,6-7H2,1-3H3/p+1. The SMILES string of the molecule is Cc1ccc(Cl)c(OCC[NH+](C)C)c1. The van der Waals surface area contributed by atoms with Crippen LogP contribution in [0.3, 0.4) is 0 Å². The highest BCUT2D eigenvalue weighted by atomic mass is 35.5. The Morgan fingerprint density at radius 3 is 2.71 bits per heavy atom. The number of hydrogen-bond acceptors (Lipinski definition) is 1. The van der Waals surface area contributed by atoms with E-state index in [1.54, 1.807) is 0 Å². The molecule has 1 rings (SSSR count). The van der Waals surface area contributed by atoms with E-state index in [0.717, 1.165) is 12.3 Å². The van der Waals surface area contributed by atoms with E-state index >= 15 is 0 Å². The van der Waals surface area contributed by atoms with Crippen molar-refractivity contribution >= 4 is 11.6 Å². The van der Waals surface area contributed by atoms with Gasteiger partial charge in [0.25, 0.3) is 0 Å². The van der Waals surface area contributed by atoms with Crippen molar-refractivity contribution in [3.05, 3.63) is 28.8 Å². The van der Waals surface area contributed by atoms with Crippen molar-refractivity contribution in [1.29, 1.82) is 0 Å². The molecule has 14 heavy (non-hydrogen) atoms. The molecule has 0 aliphatic rings. The summed E-state index contributed by atoms with van der Waals surface area (Å²) in [6.45, 7) is 3.70. The first-order valence-electron chi connectivity index (χ1n) is 4.77. The second-order valence-corrected chi connectivity index (χ2v) is 4.15. The van der Waals surface area contributed by atoms with Crippen LogP contribution in [0.25, 0.3) is 0 Å². The third kappa shape index (κ3) is 3.56. The van der Waals surface area contributed by atoms with E-state index in [2.05, 4.69) is 14.1 Å². The first kappa shape index (κ1) is 11.3. The molecule has 1 aromatic rings. The molecule has 0 saturated heterocycles. The lowest BCUT2D eigenvalue weighted by atomic mass is 10.2. The Labute approximate surface area is 90.4 Å². The van der Waals surface area contributed by atoms with Gasteiger partial charge in [0.05, 0.1) is 19.1 Å². The summed E-state index contributed by atoms with van der Waals surface area (Å²) in [5, 5.41) is 0.685. The highest BCUT2D eigenvalue weighted by Gasteiger charge is 2.02. The van der Waals surface area contributed by atoms with Gasteiger partial charge in [-0.05, 0) is 24.6 Å². The van der Waals surface area contributed by atoms with Gasteiger partial charge in [-0.25, -0.2) is 0 Å². The lowest BCUT2D eigenvalue weighted by Crippen LogP contribution is -3.06. The predicted molar refractivity (Wildman–Crippen MR) is 59.4 cm³/mol. The number of likely N-dealkylation sites (N-methyl/N-ethyl adjacent to an activating group) is 1. The lowest BCUT2D eigenvalue weighted by molar-refractivity contribution is -0.858. The number of halogens is 1. The number of aryl methyl sites for hydroxylation is 1. The number of nitrogens with one attached hydrogen (secondary N) is 1. The number of rotatable bonds is 4. The van der Waals surface area contributed by atoms with Gasteiger partial charge in [-0.15, -0.1) is 0 Å². The molecular formula is C11H17ClNO+. The van der Waals surface area contributed by atoms with Crippen LogP contribution in [0.2, 0.25) is 5.02 Å². The van der Waals surface area contributed by atoms with Crippen molar-refractivity contribution in [2.45, 2.75) is 6.92 Å². The Bertz CT molecular complexity index is 299. The van der Waals surface area contributed by atoms with E-state index in [-0.39, 0.29) is 0 Å². The molecule has 0 spiro atoms. The molecule has 3 heteroatoms. The summed E-state index contributed by atoms with van der Waals surface area (Å²) in [6.07, 6.45) is 0. The van der Waals surface area contributed by atoms with Gasteiger partial charge >= 0.3 is 0 Å². The molecule has 0 unspecified atom stereocenters. The average molecular weight is 215 g/mol. The van der Waals surface area contributed by atoms with Crippen molar-refractivity contribution < 1.29 is 9.64 Å². The molecule has 1 aromatic carbocycles. The smallest absolute Gasteiger partial charge is 0.138 e. The molecule has 78 valence electrons. The molecule has 0 aliphatic carbocycles. The quantitative estimate of drug-likeness (QED) is 0.795. The zero-order valence-electron chi connectivity index (χ0n) is 8.93. The summed E-state index contributed by atoms with van der Waals surface area (Å²) in [6, 6.07) is 5.81. The number of quaternary nitrogens is 1. The van der Waals surface area contributed by atoms with Gasteiger partial charge in [-0.2, -0.15) is 0 Å². The van der Waals surface area contributed by atoms with E-state index in [9.17, 15) is 0 Å². The van der Waals surface area contributed by atoms with E-state index in [4.69, 9.17) is 16.3 Å². The number of hydrogen-bond donors (Lipinski definition) is 1. The lowest BCUT2D eigenvalue weighted by Gasteiger charge is -2.10. The third-order valence-electron chi connectivity index (χ3n) is 1.95. The van der Waals surface area contributed by atoms with Gasteiger partial charge in [0.1, 0.15) is 18.9 Å². The van der Waals surface area contributed by atoms with Crippen LogP contribution in [0, 0.1) is 6.92 Å². The van der Waals surface area contributed by atoms with Crippen molar-refractivity contribution in [3.8, 4) is 5.75 Å². The summed E-state index contributed by atoms with van der Waals surface area (Å²) in [5.74, 6) is 0.785. The highest BCUT2D eigenvalue weighted by molar-refractivity contribution is 6.32. The Kier molecular flexibility index (Phi) is 4.23. The monoisotopic (exact) mass is 214 g/mol. The highest BCUT2D eigenvalue weighted by Crippen LogP contribution is 2.24. The fourth-order valence-electron chi connectivity index (χ4n) is 1.09. The summed E-state index contributed by atoms with van der Waals surface area (Å²) >= 11 is 5.98. The first-order chi connectivity index (χ1) is 6.59. The minimum Gasteiger partial charge on any atom is -0.486 e. The fraction of sp³-hybridized carbons (Fsp3) is 0.455. The molecule has 0 radical (unpaired) electrons. The van der Waals surface area contributed by atoms with Crippen LogP contribution >= 0.6 is 11.6 Å². The molecule has 0 fully saturated rings. The van der Waals surface area contributed by atoms with Crippen LogP contribution < -0.4 is 9.64 Å². The number of ether oxygens (including phenoxy) is 1. The topological polar surface area (TPSA) is 13.7 Å². The molecule has 0 amide bonds. The summed E-state index contributed by atoms with van der Waals surface area (Å²) in [4.78, 5) is 1.37. The molecule has 0 heterocycles. The molecule has 0 aromatic heterocycles. The van der Waals surface area contributed by atoms with Crippen LogP contribution in [-0.4, -0.2) is 27.2 Å². The second-order valence-electron chi connectivity index (χ2n) is 3.74.